The number of rotatable bonds is 6. The fraction of sp³-hybridized carbons (Fsp3) is 0.974. The molecule has 7 rings (SSSR count). The summed E-state index contributed by atoms with van der Waals surface area (Å²) in [5, 5.41) is 56.2. The lowest BCUT2D eigenvalue weighted by Crippen LogP contribution is -2.62. The van der Waals surface area contributed by atoms with Crippen LogP contribution in [-0.2, 0) is 28.5 Å². The third kappa shape index (κ3) is 4.62. The maximum atomic E-state index is 12.7. The van der Waals surface area contributed by atoms with Crippen molar-refractivity contribution in [3.8, 4) is 0 Å². The molecule has 0 aromatic rings. The van der Waals surface area contributed by atoms with Crippen LogP contribution in [0.15, 0.2) is 0 Å². The summed E-state index contributed by atoms with van der Waals surface area (Å²) in [7, 11) is 1.58. The standard InChI is InChI=1S/C38H62O11/c1-19-16-22(29(47-20(2)39)33(5,6)45-9)49-38(44)28(19)34(7)14-15-37-18-36(37)13-12-25(48-30-27(42)26(41)21(40)17-46-30)32(3,4)23(36)10-11-24(37)35(34,8)31(38)43/h19,21-31,40-44H,10-18H2,1-9H3/t19-,21-,22-,23+,24+,25+,26+,27-,28-,29+,30+,31-,34-,35-,36-,37+,38-/m1/s1. The summed E-state index contributed by atoms with van der Waals surface area (Å²) in [4.78, 5) is 12.2. The number of ether oxygens (including phenoxy) is 5. The van der Waals surface area contributed by atoms with Crippen LogP contribution in [0.4, 0.5) is 0 Å². The average Bonchev–Trinajstić information content (AvgIpc) is 3.67. The van der Waals surface area contributed by atoms with E-state index >= 15 is 0 Å². The Balaban J connectivity index is 1.17. The van der Waals surface area contributed by atoms with Crippen molar-refractivity contribution in [3.63, 3.8) is 0 Å². The quantitative estimate of drug-likeness (QED) is 0.205. The van der Waals surface area contributed by atoms with Gasteiger partial charge in [-0.15, -0.1) is 0 Å². The van der Waals surface area contributed by atoms with Gasteiger partial charge in [0.25, 0.3) is 0 Å². The van der Waals surface area contributed by atoms with Gasteiger partial charge >= 0.3 is 5.97 Å². The fourth-order valence-corrected chi connectivity index (χ4v) is 13.9. The fourth-order valence-electron chi connectivity index (χ4n) is 13.9. The van der Waals surface area contributed by atoms with E-state index in [0.717, 1.165) is 44.9 Å². The van der Waals surface area contributed by atoms with Crippen molar-refractivity contribution in [1.29, 1.82) is 0 Å². The predicted octanol–water partition coefficient (Wildman–Crippen LogP) is 3.30. The molecular weight excluding hydrogens is 632 g/mol. The Kier molecular flexibility index (Phi) is 8.42. The van der Waals surface area contributed by atoms with Crippen LogP contribution in [0.25, 0.3) is 0 Å². The maximum Gasteiger partial charge on any atom is 0.303 e. The predicted molar refractivity (Wildman–Crippen MR) is 177 cm³/mol. The van der Waals surface area contributed by atoms with Crippen molar-refractivity contribution in [2.45, 2.75) is 167 Å². The van der Waals surface area contributed by atoms with Crippen molar-refractivity contribution in [2.75, 3.05) is 13.7 Å². The minimum absolute atomic E-state index is 0.00185. The molecule has 0 amide bonds. The van der Waals surface area contributed by atoms with Crippen molar-refractivity contribution >= 4 is 5.97 Å². The number of hydrogen-bond acceptors (Lipinski definition) is 11. The van der Waals surface area contributed by atoms with E-state index in [2.05, 4.69) is 34.6 Å². The Morgan fingerprint density at radius 3 is 2.24 bits per heavy atom. The highest BCUT2D eigenvalue weighted by Gasteiger charge is 2.87. The second-order valence-corrected chi connectivity index (χ2v) is 18.9. The normalized spacial score (nSPS) is 55.2. The van der Waals surface area contributed by atoms with Gasteiger partial charge in [0.15, 0.2) is 18.2 Å². The summed E-state index contributed by atoms with van der Waals surface area (Å²) in [6.07, 6.45) is -0.246. The molecule has 5 saturated carbocycles. The largest absolute Gasteiger partial charge is 0.457 e. The van der Waals surface area contributed by atoms with Gasteiger partial charge < -0.3 is 49.2 Å². The Labute approximate surface area is 291 Å². The number of aliphatic hydroxyl groups excluding tert-OH is 4. The number of carbonyl (C=O) groups excluding carboxylic acids is 1. The van der Waals surface area contributed by atoms with E-state index in [1.807, 2.05) is 13.8 Å². The first-order chi connectivity index (χ1) is 22.7. The smallest absolute Gasteiger partial charge is 0.303 e. The molecule has 0 aromatic heterocycles. The van der Waals surface area contributed by atoms with Crippen molar-refractivity contribution in [3.05, 3.63) is 0 Å². The SMILES string of the molecule is COC(C)(C)[C@@H](OC(C)=O)[C@H]1C[C@@H](C)[C@H]2[C@@](O)(O1)[C@H](O)[C@@]1(C)[C@@H]3CC[C@H]4C(C)(C)[C@@H](O[C@@H]5OC[C@@H](O)[C@H](O)[C@H]5O)CC[C@@]45C[C@@]35CC[C@]21C. The van der Waals surface area contributed by atoms with Crippen LogP contribution < -0.4 is 0 Å². The van der Waals surface area contributed by atoms with E-state index in [0.29, 0.717) is 12.3 Å². The number of hydrogen-bond donors (Lipinski definition) is 5. The summed E-state index contributed by atoms with van der Waals surface area (Å²) in [5.74, 6) is -1.98. The first-order valence-electron chi connectivity index (χ1n) is 18.8. The number of methoxy groups -OCH3 is 1. The molecule has 5 aliphatic carbocycles. The van der Waals surface area contributed by atoms with Crippen molar-refractivity contribution in [2.24, 2.45) is 50.7 Å². The lowest BCUT2D eigenvalue weighted by molar-refractivity contribution is -0.343. The first kappa shape index (κ1) is 36.5. The molecule has 7 fully saturated rings. The summed E-state index contributed by atoms with van der Waals surface area (Å²) < 4.78 is 30.4. The molecule has 17 atom stereocenters. The van der Waals surface area contributed by atoms with Crippen LogP contribution in [-0.4, -0.2) is 106 Å². The van der Waals surface area contributed by atoms with E-state index in [4.69, 9.17) is 23.7 Å². The van der Waals surface area contributed by atoms with Crippen LogP contribution in [0, 0.1) is 50.7 Å². The first-order valence-corrected chi connectivity index (χ1v) is 18.8. The van der Waals surface area contributed by atoms with Gasteiger partial charge in [-0.1, -0.05) is 34.6 Å². The molecule has 11 heteroatoms. The molecule has 0 aromatic carbocycles. The molecule has 5 N–H and O–H groups in total. The van der Waals surface area contributed by atoms with E-state index in [1.54, 1.807) is 7.11 Å². The van der Waals surface area contributed by atoms with Gasteiger partial charge in [0, 0.05) is 25.4 Å². The van der Waals surface area contributed by atoms with E-state index in [-0.39, 0.29) is 52.1 Å². The van der Waals surface area contributed by atoms with Crippen LogP contribution >= 0.6 is 0 Å². The Morgan fingerprint density at radius 2 is 1.59 bits per heavy atom. The zero-order valence-electron chi connectivity index (χ0n) is 31.0. The van der Waals surface area contributed by atoms with Gasteiger partial charge in [-0.3, -0.25) is 4.79 Å². The molecule has 2 heterocycles. The third-order valence-electron chi connectivity index (χ3n) is 16.4. The molecule has 7 aliphatic rings. The summed E-state index contributed by atoms with van der Waals surface area (Å²) in [5.41, 5.74) is -1.95. The molecule has 0 unspecified atom stereocenters. The second-order valence-electron chi connectivity index (χ2n) is 18.9. The lowest BCUT2D eigenvalue weighted by atomic mass is 9.41. The topological polar surface area (TPSA) is 164 Å². The lowest BCUT2D eigenvalue weighted by Gasteiger charge is -2.63. The molecule has 0 radical (unpaired) electrons. The summed E-state index contributed by atoms with van der Waals surface area (Å²) >= 11 is 0. The molecule has 2 saturated heterocycles. The Bertz CT molecular complexity index is 1320. The van der Waals surface area contributed by atoms with Crippen LogP contribution in [0.2, 0.25) is 0 Å². The number of aliphatic hydroxyl groups is 5. The summed E-state index contributed by atoms with van der Waals surface area (Å²) in [6.45, 7) is 16.2. The van der Waals surface area contributed by atoms with Crippen LogP contribution in [0.5, 0.6) is 0 Å². The van der Waals surface area contributed by atoms with Crippen molar-refractivity contribution in [1.82, 2.24) is 0 Å². The minimum Gasteiger partial charge on any atom is -0.457 e. The van der Waals surface area contributed by atoms with E-state index < -0.39 is 65.7 Å². The molecule has 2 aliphatic heterocycles. The van der Waals surface area contributed by atoms with Crippen LogP contribution in [0.1, 0.15) is 107 Å². The monoisotopic (exact) mass is 694 g/mol. The highest BCUT2D eigenvalue weighted by molar-refractivity contribution is 5.66. The number of esters is 1. The van der Waals surface area contributed by atoms with Crippen LogP contribution in [0.3, 0.4) is 0 Å². The number of fused-ring (bicyclic) bond motifs is 4. The second kappa shape index (κ2) is 11.3. The molecule has 2 spiro atoms. The minimum atomic E-state index is -1.80. The van der Waals surface area contributed by atoms with Gasteiger partial charge in [-0.25, -0.2) is 0 Å². The molecule has 49 heavy (non-hydrogen) atoms. The van der Waals surface area contributed by atoms with Gasteiger partial charge in [0.2, 0.25) is 0 Å². The Morgan fingerprint density at radius 1 is 0.939 bits per heavy atom. The Hall–Kier alpha value is -0.890. The highest BCUT2D eigenvalue weighted by atomic mass is 16.7. The molecule has 280 valence electrons. The van der Waals surface area contributed by atoms with Gasteiger partial charge in [0.05, 0.1) is 12.7 Å². The van der Waals surface area contributed by atoms with Gasteiger partial charge in [-0.05, 0) is 105 Å². The van der Waals surface area contributed by atoms with Gasteiger partial charge in [0.1, 0.15) is 36.1 Å². The third-order valence-corrected chi connectivity index (χ3v) is 16.4. The summed E-state index contributed by atoms with van der Waals surface area (Å²) in [6, 6.07) is 0. The highest BCUT2D eigenvalue weighted by Crippen LogP contribution is 2.89. The van der Waals surface area contributed by atoms with E-state index in [9.17, 15) is 30.3 Å². The molecule has 11 nitrogen and oxygen atoms in total. The molecule has 0 bridgehead atoms. The zero-order chi connectivity index (χ0) is 35.9. The van der Waals surface area contributed by atoms with E-state index in [1.165, 1.54) is 6.92 Å². The van der Waals surface area contributed by atoms with Crippen molar-refractivity contribution < 1.29 is 54.0 Å². The number of carbonyl (C=O) groups is 1. The maximum absolute atomic E-state index is 12.7. The zero-order valence-corrected chi connectivity index (χ0v) is 31.0. The van der Waals surface area contributed by atoms with Gasteiger partial charge in [-0.2, -0.15) is 0 Å². The average molecular weight is 695 g/mol. The molecular formula is C38H62O11.